The van der Waals surface area contributed by atoms with E-state index < -0.39 is 0 Å². The van der Waals surface area contributed by atoms with Gasteiger partial charge in [-0.25, -0.2) is 4.79 Å². The molecule has 0 spiro atoms. The monoisotopic (exact) mass is 185 g/mol. The number of carbonyl (C=O) groups excluding carboxylic acids is 2. The Kier molecular flexibility index (Phi) is 3.70. The van der Waals surface area contributed by atoms with Gasteiger partial charge >= 0.3 is 6.03 Å². The van der Waals surface area contributed by atoms with E-state index in [-0.39, 0.29) is 24.4 Å². The number of nitrogens with one attached hydrogen (secondary N) is 3. The second-order valence-corrected chi connectivity index (χ2v) is 3.22. The normalized spacial score (nSPS) is 21.2. The molecule has 1 rings (SSSR count). The molecule has 5 nitrogen and oxygen atoms in total. The molecule has 3 N–H and O–H groups in total. The summed E-state index contributed by atoms with van der Waals surface area (Å²) in [7, 11) is 0. The lowest BCUT2D eigenvalue weighted by Gasteiger charge is -2.11. The molecule has 0 radical (unpaired) electrons. The first kappa shape index (κ1) is 9.98. The highest BCUT2D eigenvalue weighted by atomic mass is 16.2. The lowest BCUT2D eigenvalue weighted by molar-refractivity contribution is -0.116. The fourth-order valence-electron chi connectivity index (χ4n) is 1.22. The van der Waals surface area contributed by atoms with E-state index in [9.17, 15) is 9.59 Å². The van der Waals surface area contributed by atoms with Crippen LogP contribution in [0.25, 0.3) is 0 Å². The van der Waals surface area contributed by atoms with Crippen molar-refractivity contribution in [2.45, 2.75) is 19.4 Å². The zero-order chi connectivity index (χ0) is 9.68. The first-order valence-corrected chi connectivity index (χ1v) is 4.43. The quantitative estimate of drug-likeness (QED) is 0.541. The predicted octanol–water partition coefficient (Wildman–Crippen LogP) is -0.763. The summed E-state index contributed by atoms with van der Waals surface area (Å²) in [4.78, 5) is 21.6. The van der Waals surface area contributed by atoms with Gasteiger partial charge in [0.15, 0.2) is 0 Å². The summed E-state index contributed by atoms with van der Waals surface area (Å²) >= 11 is 0. The van der Waals surface area contributed by atoms with Gasteiger partial charge in [-0.1, -0.05) is 0 Å². The third-order valence-electron chi connectivity index (χ3n) is 1.89. The standard InChI is InChI=1S/C8H15N3O2/c1-6(12)4-10-8(13)11-7-2-3-9-5-7/h7,9H,2-5H2,1H3,(H2,10,11,13). The highest BCUT2D eigenvalue weighted by molar-refractivity contribution is 5.83. The summed E-state index contributed by atoms with van der Waals surface area (Å²) in [5, 5.41) is 8.38. The van der Waals surface area contributed by atoms with Gasteiger partial charge in [-0.2, -0.15) is 0 Å². The van der Waals surface area contributed by atoms with Crippen molar-refractivity contribution in [1.82, 2.24) is 16.0 Å². The second kappa shape index (κ2) is 4.81. The van der Waals surface area contributed by atoms with Gasteiger partial charge < -0.3 is 16.0 Å². The summed E-state index contributed by atoms with van der Waals surface area (Å²) in [5.41, 5.74) is 0. The van der Waals surface area contributed by atoms with Crippen LogP contribution >= 0.6 is 0 Å². The molecule has 1 aliphatic rings. The number of rotatable bonds is 3. The number of hydrogen-bond acceptors (Lipinski definition) is 3. The molecule has 74 valence electrons. The van der Waals surface area contributed by atoms with E-state index in [2.05, 4.69) is 16.0 Å². The van der Waals surface area contributed by atoms with Crippen LogP contribution in [0.5, 0.6) is 0 Å². The van der Waals surface area contributed by atoms with Gasteiger partial charge in [0, 0.05) is 12.6 Å². The van der Waals surface area contributed by atoms with E-state index >= 15 is 0 Å². The van der Waals surface area contributed by atoms with Crippen LogP contribution in [0.1, 0.15) is 13.3 Å². The molecule has 1 heterocycles. The van der Waals surface area contributed by atoms with Crippen molar-refractivity contribution in [1.29, 1.82) is 0 Å². The first-order valence-electron chi connectivity index (χ1n) is 4.43. The largest absolute Gasteiger partial charge is 0.334 e. The third-order valence-corrected chi connectivity index (χ3v) is 1.89. The summed E-state index contributed by atoms with van der Waals surface area (Å²) in [5.74, 6) is -0.0419. The topological polar surface area (TPSA) is 70.2 Å². The van der Waals surface area contributed by atoms with E-state index in [4.69, 9.17) is 0 Å². The fourth-order valence-corrected chi connectivity index (χ4v) is 1.22. The molecule has 1 aliphatic heterocycles. The van der Waals surface area contributed by atoms with Gasteiger partial charge in [0.05, 0.1) is 6.54 Å². The summed E-state index contributed by atoms with van der Waals surface area (Å²) in [6.07, 6.45) is 0.952. The molecule has 0 aliphatic carbocycles. The molecule has 1 saturated heterocycles. The molecule has 1 fully saturated rings. The SMILES string of the molecule is CC(=O)CNC(=O)NC1CCNC1. The van der Waals surface area contributed by atoms with Gasteiger partial charge in [-0.3, -0.25) is 4.79 Å². The molecule has 0 aromatic heterocycles. The van der Waals surface area contributed by atoms with Crippen LogP contribution in [-0.2, 0) is 4.79 Å². The second-order valence-electron chi connectivity index (χ2n) is 3.22. The molecule has 0 aromatic rings. The fraction of sp³-hybridized carbons (Fsp3) is 0.750. The minimum absolute atomic E-state index is 0.0419. The molecular weight excluding hydrogens is 170 g/mol. The minimum Gasteiger partial charge on any atom is -0.334 e. The number of urea groups is 1. The van der Waals surface area contributed by atoms with Gasteiger partial charge in [0.1, 0.15) is 5.78 Å². The maximum absolute atomic E-state index is 11.1. The highest BCUT2D eigenvalue weighted by Crippen LogP contribution is 1.95. The Balaban J connectivity index is 2.13. The van der Waals surface area contributed by atoms with Gasteiger partial charge in [0.25, 0.3) is 0 Å². The molecule has 13 heavy (non-hydrogen) atoms. The maximum Gasteiger partial charge on any atom is 0.315 e. The van der Waals surface area contributed by atoms with E-state index in [1.54, 1.807) is 0 Å². The maximum atomic E-state index is 11.1. The Morgan fingerprint density at radius 1 is 1.54 bits per heavy atom. The molecular formula is C8H15N3O2. The number of Topliss-reactive ketones (excluding diaryl/α,β-unsaturated/α-hetero) is 1. The van der Waals surface area contributed by atoms with Crippen molar-refractivity contribution < 1.29 is 9.59 Å². The van der Waals surface area contributed by atoms with E-state index in [0.717, 1.165) is 19.5 Å². The average Bonchev–Trinajstić information content (AvgIpc) is 2.53. The Labute approximate surface area is 77.3 Å². The van der Waals surface area contributed by atoms with Crippen LogP contribution < -0.4 is 16.0 Å². The molecule has 5 heteroatoms. The van der Waals surface area contributed by atoms with Crippen molar-refractivity contribution >= 4 is 11.8 Å². The number of carbonyl (C=O) groups is 2. The van der Waals surface area contributed by atoms with E-state index in [1.165, 1.54) is 6.92 Å². The van der Waals surface area contributed by atoms with E-state index in [0.29, 0.717) is 0 Å². The number of ketones is 1. The first-order chi connectivity index (χ1) is 6.18. The van der Waals surface area contributed by atoms with Crippen LogP contribution in [0.15, 0.2) is 0 Å². The highest BCUT2D eigenvalue weighted by Gasteiger charge is 2.16. The van der Waals surface area contributed by atoms with Crippen molar-refractivity contribution in [3.05, 3.63) is 0 Å². The van der Waals surface area contributed by atoms with Crippen molar-refractivity contribution in [2.75, 3.05) is 19.6 Å². The molecule has 0 bridgehead atoms. The van der Waals surface area contributed by atoms with Gasteiger partial charge in [-0.15, -0.1) is 0 Å². The molecule has 0 saturated carbocycles. The minimum atomic E-state index is -0.260. The van der Waals surface area contributed by atoms with Gasteiger partial charge in [-0.05, 0) is 19.9 Å². The van der Waals surface area contributed by atoms with Crippen molar-refractivity contribution in [3.63, 3.8) is 0 Å². The zero-order valence-electron chi connectivity index (χ0n) is 7.72. The molecule has 1 unspecified atom stereocenters. The van der Waals surface area contributed by atoms with Crippen LogP contribution in [0, 0.1) is 0 Å². The van der Waals surface area contributed by atoms with Crippen LogP contribution in [-0.4, -0.2) is 37.5 Å². The van der Waals surface area contributed by atoms with Crippen LogP contribution in [0.3, 0.4) is 0 Å². The smallest absolute Gasteiger partial charge is 0.315 e. The Bertz CT molecular complexity index is 200. The summed E-state index contributed by atoms with van der Waals surface area (Å²) in [6, 6.07) is -0.0594. The summed E-state index contributed by atoms with van der Waals surface area (Å²) in [6.45, 7) is 3.30. The zero-order valence-corrected chi connectivity index (χ0v) is 7.72. The average molecular weight is 185 g/mol. The summed E-state index contributed by atoms with van der Waals surface area (Å²) < 4.78 is 0. The Hall–Kier alpha value is -1.10. The van der Waals surface area contributed by atoms with E-state index in [1.807, 2.05) is 0 Å². The number of hydrogen-bond donors (Lipinski definition) is 3. The van der Waals surface area contributed by atoms with Crippen LogP contribution in [0.2, 0.25) is 0 Å². The Morgan fingerprint density at radius 2 is 2.31 bits per heavy atom. The third kappa shape index (κ3) is 3.89. The molecule has 2 amide bonds. The lowest BCUT2D eigenvalue weighted by atomic mass is 10.3. The number of amides is 2. The Morgan fingerprint density at radius 3 is 2.85 bits per heavy atom. The predicted molar refractivity (Wildman–Crippen MR) is 48.5 cm³/mol. The van der Waals surface area contributed by atoms with Crippen molar-refractivity contribution in [2.24, 2.45) is 0 Å². The molecule has 1 atom stereocenters. The van der Waals surface area contributed by atoms with Crippen molar-refractivity contribution in [3.8, 4) is 0 Å². The van der Waals surface area contributed by atoms with Crippen LogP contribution in [0.4, 0.5) is 4.79 Å². The van der Waals surface area contributed by atoms with Gasteiger partial charge in [0.2, 0.25) is 0 Å². The molecule has 0 aromatic carbocycles. The lowest BCUT2D eigenvalue weighted by Crippen LogP contribution is -2.44.